The fraction of sp³-hybridized carbons (Fsp3) is 0.192. The molecule has 0 radical (unpaired) electrons. The minimum Gasteiger partial charge on any atom is -0.478 e. The number of fused-ring (bicyclic) bond motifs is 3. The molecule has 1 aliphatic carbocycles. The number of hydrogen-bond donors (Lipinski definition) is 3. The van der Waals surface area contributed by atoms with Gasteiger partial charge in [0, 0.05) is 10.9 Å². The smallest absolute Gasteiger partial charge is 0.407 e. The van der Waals surface area contributed by atoms with E-state index in [2.05, 4.69) is 10.6 Å². The van der Waals surface area contributed by atoms with Gasteiger partial charge >= 0.3 is 12.1 Å². The monoisotopic (exact) mass is 478 g/mol. The molecule has 8 heteroatoms. The van der Waals surface area contributed by atoms with Crippen LogP contribution < -0.4 is 10.6 Å². The van der Waals surface area contributed by atoms with Gasteiger partial charge in [0.15, 0.2) is 0 Å². The van der Waals surface area contributed by atoms with Gasteiger partial charge in [0.25, 0.3) is 0 Å². The average molecular weight is 479 g/mol. The number of rotatable bonds is 7. The van der Waals surface area contributed by atoms with Crippen molar-refractivity contribution in [3.63, 3.8) is 0 Å². The molecule has 0 saturated heterocycles. The standard InChI is InChI=1S/C26H23ClN2O5/c1-2-22(24(30)28-23-13-15(27)11-12-20(23)25(31)32)29-26(33)34-14-21-18-9-5-3-7-16(18)17-8-4-6-10-19(17)21/h3-13,21-22H,2,14H2,1H3,(H,28,30)(H,29,33)(H,31,32)/t22-/m1/s1. The number of hydrogen-bond acceptors (Lipinski definition) is 4. The van der Waals surface area contributed by atoms with Gasteiger partial charge in [-0.3, -0.25) is 4.79 Å². The molecule has 0 saturated carbocycles. The van der Waals surface area contributed by atoms with Crippen LogP contribution in [0.5, 0.6) is 0 Å². The highest BCUT2D eigenvalue weighted by atomic mass is 35.5. The molecular weight excluding hydrogens is 456 g/mol. The molecule has 0 aromatic heterocycles. The molecule has 1 atom stereocenters. The number of benzene rings is 3. The molecule has 0 unspecified atom stereocenters. The number of ether oxygens (including phenoxy) is 1. The number of carbonyl (C=O) groups excluding carboxylic acids is 2. The normalized spacial score (nSPS) is 12.9. The lowest BCUT2D eigenvalue weighted by Crippen LogP contribution is -2.44. The first-order valence-corrected chi connectivity index (χ1v) is 11.2. The highest BCUT2D eigenvalue weighted by Crippen LogP contribution is 2.44. The van der Waals surface area contributed by atoms with Crippen LogP contribution in [0.15, 0.2) is 66.7 Å². The second-order valence-corrected chi connectivity index (χ2v) is 8.35. The number of carbonyl (C=O) groups is 3. The van der Waals surface area contributed by atoms with Gasteiger partial charge in [0.05, 0.1) is 11.3 Å². The van der Waals surface area contributed by atoms with Crippen molar-refractivity contribution in [2.45, 2.75) is 25.3 Å². The SMILES string of the molecule is CC[C@@H](NC(=O)OCC1c2ccccc2-c2ccccc21)C(=O)Nc1cc(Cl)ccc1C(=O)O. The second-order valence-electron chi connectivity index (χ2n) is 7.92. The topological polar surface area (TPSA) is 105 Å². The number of amides is 2. The first-order chi connectivity index (χ1) is 16.4. The van der Waals surface area contributed by atoms with E-state index in [0.717, 1.165) is 22.3 Å². The lowest BCUT2D eigenvalue weighted by atomic mass is 9.98. The molecule has 0 spiro atoms. The quantitative estimate of drug-likeness (QED) is 0.427. The summed E-state index contributed by atoms with van der Waals surface area (Å²) in [5.41, 5.74) is 4.36. The van der Waals surface area contributed by atoms with Crippen LogP contribution in [-0.2, 0) is 9.53 Å². The third-order valence-electron chi connectivity index (χ3n) is 5.83. The van der Waals surface area contributed by atoms with E-state index in [0.29, 0.717) is 0 Å². The van der Waals surface area contributed by atoms with Crippen molar-refractivity contribution in [2.75, 3.05) is 11.9 Å². The predicted molar refractivity (Wildman–Crippen MR) is 129 cm³/mol. The molecule has 2 amide bonds. The van der Waals surface area contributed by atoms with Gasteiger partial charge in [-0.05, 0) is 46.9 Å². The van der Waals surface area contributed by atoms with Gasteiger partial charge in [0.1, 0.15) is 12.6 Å². The molecule has 3 N–H and O–H groups in total. The Kier molecular flexibility index (Phi) is 6.84. The van der Waals surface area contributed by atoms with E-state index in [1.165, 1.54) is 18.2 Å². The van der Waals surface area contributed by atoms with E-state index >= 15 is 0 Å². The van der Waals surface area contributed by atoms with Crippen LogP contribution in [0.3, 0.4) is 0 Å². The Morgan fingerprint density at radius 3 is 2.21 bits per heavy atom. The Morgan fingerprint density at radius 2 is 1.62 bits per heavy atom. The number of nitrogens with one attached hydrogen (secondary N) is 2. The van der Waals surface area contributed by atoms with Gasteiger partial charge in [-0.15, -0.1) is 0 Å². The van der Waals surface area contributed by atoms with Crippen molar-refractivity contribution in [3.8, 4) is 11.1 Å². The molecule has 0 fully saturated rings. The predicted octanol–water partition coefficient (Wildman–Crippen LogP) is 5.29. The highest BCUT2D eigenvalue weighted by Gasteiger charge is 2.29. The Labute approximate surface area is 201 Å². The van der Waals surface area contributed by atoms with Crippen molar-refractivity contribution >= 4 is 35.3 Å². The Morgan fingerprint density at radius 1 is 1.00 bits per heavy atom. The third kappa shape index (κ3) is 4.75. The molecule has 0 bridgehead atoms. The number of aromatic carboxylic acids is 1. The van der Waals surface area contributed by atoms with Gasteiger partial charge < -0.3 is 20.5 Å². The minimum atomic E-state index is -1.20. The number of anilines is 1. The van der Waals surface area contributed by atoms with Crippen LogP contribution in [0.4, 0.5) is 10.5 Å². The zero-order valence-electron chi connectivity index (χ0n) is 18.4. The number of carboxylic acids is 1. The third-order valence-corrected chi connectivity index (χ3v) is 6.07. The lowest BCUT2D eigenvalue weighted by Gasteiger charge is -2.19. The Bertz CT molecular complexity index is 1210. The van der Waals surface area contributed by atoms with E-state index < -0.39 is 24.0 Å². The van der Waals surface area contributed by atoms with Gasteiger partial charge in [-0.1, -0.05) is 67.1 Å². The molecule has 34 heavy (non-hydrogen) atoms. The van der Waals surface area contributed by atoms with Gasteiger partial charge in [-0.2, -0.15) is 0 Å². The maximum atomic E-state index is 12.7. The molecule has 174 valence electrons. The fourth-order valence-electron chi connectivity index (χ4n) is 4.16. The fourth-order valence-corrected chi connectivity index (χ4v) is 4.33. The van der Waals surface area contributed by atoms with Crippen LogP contribution in [0.1, 0.15) is 40.7 Å². The van der Waals surface area contributed by atoms with Crippen LogP contribution in [-0.4, -0.2) is 35.7 Å². The van der Waals surface area contributed by atoms with E-state index in [4.69, 9.17) is 16.3 Å². The maximum absolute atomic E-state index is 12.7. The molecule has 0 aliphatic heterocycles. The Hall–Kier alpha value is -3.84. The van der Waals surface area contributed by atoms with Crippen molar-refractivity contribution < 1.29 is 24.2 Å². The average Bonchev–Trinajstić information content (AvgIpc) is 3.14. The molecule has 4 rings (SSSR count). The molecule has 3 aromatic carbocycles. The molecule has 7 nitrogen and oxygen atoms in total. The largest absolute Gasteiger partial charge is 0.478 e. The highest BCUT2D eigenvalue weighted by molar-refractivity contribution is 6.31. The van der Waals surface area contributed by atoms with E-state index in [9.17, 15) is 19.5 Å². The lowest BCUT2D eigenvalue weighted by molar-refractivity contribution is -0.118. The van der Waals surface area contributed by atoms with E-state index in [1.807, 2.05) is 48.5 Å². The van der Waals surface area contributed by atoms with Crippen LogP contribution in [0.25, 0.3) is 11.1 Å². The minimum absolute atomic E-state index is 0.0535. The van der Waals surface area contributed by atoms with Gasteiger partial charge in [0.2, 0.25) is 5.91 Å². The van der Waals surface area contributed by atoms with Crippen molar-refractivity contribution in [1.29, 1.82) is 0 Å². The number of halogens is 1. The summed E-state index contributed by atoms with van der Waals surface area (Å²) in [5, 5.41) is 14.7. The number of alkyl carbamates (subject to hydrolysis) is 1. The van der Waals surface area contributed by atoms with Crippen molar-refractivity contribution in [3.05, 3.63) is 88.4 Å². The summed E-state index contributed by atoms with van der Waals surface area (Å²) in [4.78, 5) is 36.7. The summed E-state index contributed by atoms with van der Waals surface area (Å²) < 4.78 is 5.51. The van der Waals surface area contributed by atoms with Crippen LogP contribution in [0, 0.1) is 0 Å². The first kappa shape index (κ1) is 23.3. The maximum Gasteiger partial charge on any atom is 0.407 e. The first-order valence-electron chi connectivity index (χ1n) is 10.8. The summed E-state index contributed by atoms with van der Waals surface area (Å²) in [6.45, 7) is 1.85. The summed E-state index contributed by atoms with van der Waals surface area (Å²) >= 11 is 5.94. The van der Waals surface area contributed by atoms with Gasteiger partial charge in [-0.25, -0.2) is 9.59 Å². The zero-order chi connectivity index (χ0) is 24.2. The molecule has 1 aliphatic rings. The zero-order valence-corrected chi connectivity index (χ0v) is 19.1. The van der Waals surface area contributed by atoms with E-state index in [-0.39, 0.29) is 35.2 Å². The summed E-state index contributed by atoms with van der Waals surface area (Å²) in [5.74, 6) is -1.87. The van der Waals surface area contributed by atoms with Crippen molar-refractivity contribution in [2.24, 2.45) is 0 Å². The summed E-state index contributed by atoms with van der Waals surface area (Å²) in [6.07, 6.45) is -0.452. The Balaban J connectivity index is 1.41. The van der Waals surface area contributed by atoms with Crippen molar-refractivity contribution in [1.82, 2.24) is 5.32 Å². The second kappa shape index (κ2) is 9.97. The van der Waals surface area contributed by atoms with Crippen LogP contribution in [0.2, 0.25) is 5.02 Å². The number of carboxylic acid groups (broad SMARTS) is 1. The van der Waals surface area contributed by atoms with E-state index in [1.54, 1.807) is 6.92 Å². The van der Waals surface area contributed by atoms with Crippen LogP contribution >= 0.6 is 11.6 Å². The molecule has 3 aromatic rings. The summed E-state index contributed by atoms with van der Waals surface area (Å²) in [7, 11) is 0. The molecule has 0 heterocycles. The molecular formula is C26H23ClN2O5. The summed E-state index contributed by atoms with van der Waals surface area (Å²) in [6, 6.07) is 19.2.